The fourth-order valence-corrected chi connectivity index (χ4v) is 4.49. The second kappa shape index (κ2) is 7.74. The van der Waals surface area contributed by atoms with Gasteiger partial charge in [-0.05, 0) is 31.7 Å². The first-order valence-corrected chi connectivity index (χ1v) is 10.2. The molecule has 30 heavy (non-hydrogen) atoms. The molecule has 0 bridgehead atoms. The van der Waals surface area contributed by atoms with Crippen LogP contribution >= 0.6 is 11.3 Å². The predicted octanol–water partition coefficient (Wildman–Crippen LogP) is 3.31. The van der Waals surface area contributed by atoms with Crippen LogP contribution in [0.15, 0.2) is 18.5 Å². The maximum atomic E-state index is 13.2. The summed E-state index contributed by atoms with van der Waals surface area (Å²) in [6.07, 6.45) is 1.68. The lowest BCUT2D eigenvalue weighted by molar-refractivity contribution is -0.137. The molecule has 1 saturated carbocycles. The van der Waals surface area contributed by atoms with Crippen LogP contribution in [0, 0.1) is 0 Å². The van der Waals surface area contributed by atoms with Crippen molar-refractivity contribution in [1.82, 2.24) is 24.9 Å². The van der Waals surface area contributed by atoms with Crippen molar-refractivity contribution >= 4 is 33.2 Å². The van der Waals surface area contributed by atoms with E-state index in [1.165, 1.54) is 35.2 Å². The Morgan fingerprint density at radius 1 is 1.20 bits per heavy atom. The lowest BCUT2D eigenvalue weighted by Gasteiger charge is -2.29. The first-order valence-electron chi connectivity index (χ1n) is 9.42. The Hall–Kier alpha value is -2.89. The van der Waals surface area contributed by atoms with Gasteiger partial charge in [0.25, 0.3) is 0 Å². The molecule has 0 spiro atoms. The quantitative estimate of drug-likeness (QED) is 0.575. The minimum absolute atomic E-state index is 0.0223. The summed E-state index contributed by atoms with van der Waals surface area (Å²) in [5.41, 5.74) is 5.04. The van der Waals surface area contributed by atoms with Gasteiger partial charge < -0.3 is 16.4 Å². The average Bonchev–Trinajstić information content (AvgIpc) is 3.23. The number of anilines is 2. The number of carbonyl (C=O) groups excluding carboxylic acids is 1. The second-order valence-corrected chi connectivity index (χ2v) is 8.25. The normalized spacial score (nSPS) is 19.7. The van der Waals surface area contributed by atoms with Crippen LogP contribution < -0.4 is 16.4 Å². The van der Waals surface area contributed by atoms with Gasteiger partial charge in [0.05, 0.1) is 17.5 Å². The number of pyridine rings is 1. The summed E-state index contributed by atoms with van der Waals surface area (Å²) in [7, 11) is 0. The summed E-state index contributed by atoms with van der Waals surface area (Å²) in [5, 5.41) is 11.4. The molecule has 0 saturated heterocycles. The molecule has 4 N–H and O–H groups in total. The molecule has 0 unspecified atom stereocenters. The zero-order valence-corrected chi connectivity index (χ0v) is 16.8. The molecule has 1 fully saturated rings. The molecule has 0 atom stereocenters. The molecule has 3 aromatic heterocycles. The van der Waals surface area contributed by atoms with E-state index in [2.05, 4.69) is 25.7 Å². The molecule has 0 radical (unpaired) electrons. The van der Waals surface area contributed by atoms with Gasteiger partial charge in [-0.1, -0.05) is 11.3 Å². The molecule has 8 nitrogen and oxygen atoms in total. The van der Waals surface area contributed by atoms with Gasteiger partial charge >= 0.3 is 6.18 Å². The molecule has 160 valence electrons. The number of imidazole rings is 1. The Morgan fingerprint density at radius 2 is 1.90 bits per heavy atom. The van der Waals surface area contributed by atoms with E-state index in [-0.39, 0.29) is 23.6 Å². The van der Waals surface area contributed by atoms with Crippen LogP contribution in [0.5, 0.6) is 0 Å². The third-order valence-electron chi connectivity index (χ3n) is 5.07. The van der Waals surface area contributed by atoms with E-state index < -0.39 is 17.6 Å². The number of halogens is 3. The highest BCUT2D eigenvalue weighted by atomic mass is 32.1. The van der Waals surface area contributed by atoms with E-state index >= 15 is 0 Å². The number of carbonyl (C=O) groups is 1. The number of nitrogens with one attached hydrogen (secondary N) is 2. The fraction of sp³-hybridized carbons (Fsp3) is 0.444. The number of aromatic nitrogens is 4. The Morgan fingerprint density at radius 3 is 2.57 bits per heavy atom. The molecule has 1 aliphatic rings. The van der Waals surface area contributed by atoms with Gasteiger partial charge in [-0.15, -0.1) is 5.10 Å². The van der Waals surface area contributed by atoms with Crippen LogP contribution in [0.4, 0.5) is 24.1 Å². The van der Waals surface area contributed by atoms with Gasteiger partial charge in [0.2, 0.25) is 16.0 Å². The largest absolute Gasteiger partial charge is 0.419 e. The van der Waals surface area contributed by atoms with Crippen LogP contribution in [0.2, 0.25) is 0 Å². The molecule has 0 aliphatic heterocycles. The third-order valence-corrected chi connectivity index (χ3v) is 5.92. The van der Waals surface area contributed by atoms with Crippen LogP contribution in [-0.2, 0) is 11.0 Å². The number of amides is 1. The molecule has 1 aliphatic carbocycles. The SMILES string of the molecule is CC(=O)NC1CCC(Nc2nn3c(-c4cnc(N)c(C(F)(F)F)c4)cnc3s2)CC1. The van der Waals surface area contributed by atoms with E-state index in [0.29, 0.717) is 15.8 Å². The smallest absolute Gasteiger partial charge is 0.383 e. The number of rotatable bonds is 4. The number of nitrogen functional groups attached to an aromatic ring is 1. The predicted molar refractivity (Wildman–Crippen MR) is 107 cm³/mol. The van der Waals surface area contributed by atoms with Gasteiger partial charge in [-0.2, -0.15) is 13.2 Å². The number of nitrogens with zero attached hydrogens (tertiary/aromatic N) is 4. The van der Waals surface area contributed by atoms with Crippen molar-refractivity contribution in [3.63, 3.8) is 0 Å². The lowest BCUT2D eigenvalue weighted by Crippen LogP contribution is -2.39. The minimum Gasteiger partial charge on any atom is -0.383 e. The van der Waals surface area contributed by atoms with Crippen LogP contribution in [0.1, 0.15) is 38.2 Å². The molecule has 4 rings (SSSR count). The number of nitrogens with two attached hydrogens (primary N) is 1. The first-order chi connectivity index (χ1) is 14.2. The van der Waals surface area contributed by atoms with Crippen LogP contribution in [-0.4, -0.2) is 37.6 Å². The summed E-state index contributed by atoms with van der Waals surface area (Å²) in [4.78, 5) is 19.7. The van der Waals surface area contributed by atoms with E-state index in [1.54, 1.807) is 0 Å². The maximum Gasteiger partial charge on any atom is 0.419 e. The molecule has 3 aromatic rings. The number of hydrogen-bond acceptors (Lipinski definition) is 7. The number of fused-ring (bicyclic) bond motifs is 1. The topological polar surface area (TPSA) is 110 Å². The van der Waals surface area contributed by atoms with Gasteiger partial charge in [0, 0.05) is 30.8 Å². The van der Waals surface area contributed by atoms with E-state index in [4.69, 9.17) is 5.73 Å². The Balaban J connectivity index is 1.52. The summed E-state index contributed by atoms with van der Waals surface area (Å²) in [6, 6.07) is 1.37. The summed E-state index contributed by atoms with van der Waals surface area (Å²) >= 11 is 1.32. The monoisotopic (exact) mass is 439 g/mol. The van der Waals surface area contributed by atoms with E-state index in [0.717, 1.165) is 31.7 Å². The number of hydrogen-bond donors (Lipinski definition) is 3. The van der Waals surface area contributed by atoms with Crippen molar-refractivity contribution in [3.05, 3.63) is 24.0 Å². The summed E-state index contributed by atoms with van der Waals surface area (Å²) in [6.45, 7) is 1.52. The van der Waals surface area contributed by atoms with Crippen molar-refractivity contribution in [3.8, 4) is 11.3 Å². The van der Waals surface area contributed by atoms with Crippen molar-refractivity contribution in [1.29, 1.82) is 0 Å². The highest BCUT2D eigenvalue weighted by Gasteiger charge is 2.34. The third kappa shape index (κ3) is 4.18. The van der Waals surface area contributed by atoms with Crippen LogP contribution in [0.25, 0.3) is 16.2 Å². The average molecular weight is 439 g/mol. The zero-order chi connectivity index (χ0) is 21.5. The van der Waals surface area contributed by atoms with Gasteiger partial charge in [0.15, 0.2) is 0 Å². The standard InChI is InChI=1S/C18H20F3N7OS/c1-9(29)25-11-2-4-12(5-3-11)26-16-27-28-14(8-24-17(28)30-16)10-6-13(18(19,20)21)15(22)23-7-10/h6-8,11-12H,2-5H2,1H3,(H2,22,23)(H,25,29)(H,26,27). The van der Waals surface area contributed by atoms with Gasteiger partial charge in [-0.25, -0.2) is 14.5 Å². The molecule has 12 heteroatoms. The van der Waals surface area contributed by atoms with E-state index in [9.17, 15) is 18.0 Å². The number of alkyl halides is 3. The van der Waals surface area contributed by atoms with Crippen molar-refractivity contribution in [2.75, 3.05) is 11.1 Å². The lowest BCUT2D eigenvalue weighted by atomic mass is 9.91. The maximum absolute atomic E-state index is 13.2. The van der Waals surface area contributed by atoms with Crippen molar-refractivity contribution in [2.24, 2.45) is 0 Å². The van der Waals surface area contributed by atoms with Crippen molar-refractivity contribution < 1.29 is 18.0 Å². The highest BCUT2D eigenvalue weighted by molar-refractivity contribution is 7.20. The van der Waals surface area contributed by atoms with E-state index in [1.807, 2.05) is 0 Å². The molecule has 1 amide bonds. The fourth-order valence-electron chi connectivity index (χ4n) is 3.63. The molecular weight excluding hydrogens is 419 g/mol. The van der Waals surface area contributed by atoms with Crippen molar-refractivity contribution in [2.45, 2.75) is 50.9 Å². The minimum atomic E-state index is -4.60. The highest BCUT2D eigenvalue weighted by Crippen LogP contribution is 2.36. The first kappa shape index (κ1) is 20.4. The Labute approximate surface area is 173 Å². The Bertz CT molecular complexity index is 1070. The molecule has 0 aromatic carbocycles. The van der Waals surface area contributed by atoms with Gasteiger partial charge in [0.1, 0.15) is 5.82 Å². The second-order valence-electron chi connectivity index (χ2n) is 7.29. The summed E-state index contributed by atoms with van der Waals surface area (Å²) in [5.74, 6) is -0.589. The van der Waals surface area contributed by atoms with Crippen LogP contribution in [0.3, 0.4) is 0 Å². The molecule has 3 heterocycles. The molecular formula is C18H20F3N7OS. The Kier molecular flexibility index (Phi) is 5.26. The zero-order valence-electron chi connectivity index (χ0n) is 16.0. The summed E-state index contributed by atoms with van der Waals surface area (Å²) < 4.78 is 41.0. The van der Waals surface area contributed by atoms with Gasteiger partial charge in [-0.3, -0.25) is 4.79 Å².